The normalized spacial score (nSPS) is 10.9. The number of nitrogens with zero attached hydrogens (tertiary/aromatic N) is 4. The summed E-state index contributed by atoms with van der Waals surface area (Å²) in [6, 6.07) is 16.2. The number of methoxy groups -OCH3 is 2. The van der Waals surface area contributed by atoms with Gasteiger partial charge in [0.15, 0.2) is 11.5 Å². The van der Waals surface area contributed by atoms with Crippen LogP contribution in [0.3, 0.4) is 0 Å². The zero-order valence-corrected chi connectivity index (χ0v) is 17.4. The van der Waals surface area contributed by atoms with Gasteiger partial charge in [-0.05, 0) is 30.3 Å². The van der Waals surface area contributed by atoms with Crippen LogP contribution in [0.15, 0.2) is 82.5 Å². The van der Waals surface area contributed by atoms with Gasteiger partial charge in [0, 0.05) is 41.0 Å². The number of hydrogen-bond donors (Lipinski definition) is 0. The van der Waals surface area contributed by atoms with Crippen molar-refractivity contribution in [2.75, 3.05) is 14.2 Å². The van der Waals surface area contributed by atoms with Crippen LogP contribution in [-0.2, 0) is 0 Å². The average Bonchev–Trinajstić information content (AvgIpc) is 3.35. The second kappa shape index (κ2) is 7.99. The van der Waals surface area contributed by atoms with Crippen molar-refractivity contribution in [3.05, 3.63) is 83.5 Å². The van der Waals surface area contributed by atoms with Gasteiger partial charge in [0.2, 0.25) is 5.82 Å². The number of ether oxygens (including phenoxy) is 2. The van der Waals surface area contributed by atoms with Crippen molar-refractivity contribution in [3.63, 3.8) is 0 Å². The van der Waals surface area contributed by atoms with Crippen molar-refractivity contribution >= 4 is 10.8 Å². The number of hydrogen-bond acceptors (Lipinski definition) is 7. The first-order valence-electron chi connectivity index (χ1n) is 9.81. The molecule has 0 saturated heterocycles. The van der Waals surface area contributed by atoms with E-state index in [9.17, 15) is 4.79 Å². The molecule has 0 aliphatic heterocycles. The zero-order chi connectivity index (χ0) is 22.1. The molecule has 5 aromatic rings. The van der Waals surface area contributed by atoms with E-state index in [0.29, 0.717) is 39.9 Å². The quantitative estimate of drug-likeness (QED) is 0.417. The van der Waals surface area contributed by atoms with Gasteiger partial charge in [0.25, 0.3) is 11.4 Å². The number of pyridine rings is 2. The summed E-state index contributed by atoms with van der Waals surface area (Å²) in [6.07, 6.45) is 5.03. The average molecular weight is 426 g/mol. The molecule has 0 aliphatic carbocycles. The van der Waals surface area contributed by atoms with Crippen molar-refractivity contribution in [2.45, 2.75) is 0 Å². The molecule has 0 bridgehead atoms. The maximum Gasteiger partial charge on any atom is 0.262 e. The first-order chi connectivity index (χ1) is 15.7. The first kappa shape index (κ1) is 19.5. The Bertz CT molecular complexity index is 1470. The summed E-state index contributed by atoms with van der Waals surface area (Å²) in [5.74, 6) is 1.84. The highest BCUT2D eigenvalue weighted by molar-refractivity contribution is 5.94. The molecule has 8 heteroatoms. The summed E-state index contributed by atoms with van der Waals surface area (Å²) in [5, 5.41) is 5.36. The van der Waals surface area contributed by atoms with Gasteiger partial charge >= 0.3 is 0 Å². The largest absolute Gasteiger partial charge is 0.493 e. The van der Waals surface area contributed by atoms with Gasteiger partial charge in [0.1, 0.15) is 0 Å². The van der Waals surface area contributed by atoms with E-state index in [0.717, 1.165) is 10.9 Å². The number of benzene rings is 2. The van der Waals surface area contributed by atoms with E-state index in [1.54, 1.807) is 69.2 Å². The molecule has 0 saturated carbocycles. The van der Waals surface area contributed by atoms with Crippen LogP contribution in [0.25, 0.3) is 39.3 Å². The van der Waals surface area contributed by atoms with Gasteiger partial charge in [-0.1, -0.05) is 23.4 Å². The highest BCUT2D eigenvalue weighted by atomic mass is 16.5. The molecule has 0 aliphatic rings. The molecule has 0 atom stereocenters. The lowest BCUT2D eigenvalue weighted by Gasteiger charge is -2.13. The lowest BCUT2D eigenvalue weighted by molar-refractivity contribution is 0.355. The summed E-state index contributed by atoms with van der Waals surface area (Å²) < 4.78 is 17.8. The van der Waals surface area contributed by atoms with Crippen molar-refractivity contribution in [1.29, 1.82) is 0 Å². The minimum absolute atomic E-state index is 0.176. The minimum atomic E-state index is -0.176. The molecule has 0 N–H and O–H groups in total. The highest BCUT2D eigenvalue weighted by Gasteiger charge is 2.18. The van der Waals surface area contributed by atoms with Crippen LogP contribution in [-0.4, -0.2) is 33.9 Å². The van der Waals surface area contributed by atoms with E-state index in [-0.39, 0.29) is 5.56 Å². The molecule has 0 spiro atoms. The maximum absolute atomic E-state index is 13.3. The lowest BCUT2D eigenvalue weighted by atomic mass is 10.1. The second-order valence-electron chi connectivity index (χ2n) is 6.96. The van der Waals surface area contributed by atoms with Crippen LogP contribution in [0.1, 0.15) is 0 Å². The molecule has 2 aromatic carbocycles. The fourth-order valence-electron chi connectivity index (χ4n) is 3.58. The summed E-state index contributed by atoms with van der Waals surface area (Å²) >= 11 is 0. The van der Waals surface area contributed by atoms with Crippen LogP contribution in [0, 0.1) is 0 Å². The van der Waals surface area contributed by atoms with E-state index >= 15 is 0 Å². The summed E-state index contributed by atoms with van der Waals surface area (Å²) in [5.41, 5.74) is 1.87. The van der Waals surface area contributed by atoms with E-state index in [1.807, 2.05) is 18.2 Å². The topological polar surface area (TPSA) is 92.3 Å². The van der Waals surface area contributed by atoms with Gasteiger partial charge in [-0.3, -0.25) is 14.3 Å². The van der Waals surface area contributed by atoms with E-state index in [4.69, 9.17) is 14.0 Å². The summed E-state index contributed by atoms with van der Waals surface area (Å²) in [4.78, 5) is 21.9. The second-order valence-corrected chi connectivity index (χ2v) is 6.96. The van der Waals surface area contributed by atoms with E-state index < -0.39 is 0 Å². The van der Waals surface area contributed by atoms with E-state index in [1.165, 1.54) is 4.57 Å². The van der Waals surface area contributed by atoms with Gasteiger partial charge in [-0.2, -0.15) is 4.98 Å². The molecule has 3 aromatic heterocycles. The van der Waals surface area contributed by atoms with Gasteiger partial charge in [-0.25, -0.2) is 0 Å². The third-order valence-electron chi connectivity index (χ3n) is 5.16. The summed E-state index contributed by atoms with van der Waals surface area (Å²) in [6.45, 7) is 0. The molecule has 0 amide bonds. The van der Waals surface area contributed by atoms with Crippen molar-refractivity contribution in [3.8, 4) is 40.0 Å². The van der Waals surface area contributed by atoms with Crippen LogP contribution in [0.4, 0.5) is 0 Å². The van der Waals surface area contributed by atoms with Crippen LogP contribution in [0.2, 0.25) is 0 Å². The highest BCUT2D eigenvalue weighted by Crippen LogP contribution is 2.31. The van der Waals surface area contributed by atoms with Crippen molar-refractivity contribution in [1.82, 2.24) is 19.7 Å². The van der Waals surface area contributed by atoms with Crippen LogP contribution >= 0.6 is 0 Å². The van der Waals surface area contributed by atoms with Crippen LogP contribution < -0.4 is 15.0 Å². The monoisotopic (exact) mass is 426 g/mol. The molecule has 8 nitrogen and oxygen atoms in total. The predicted octanol–water partition coefficient (Wildman–Crippen LogP) is 4.12. The third kappa shape index (κ3) is 3.27. The van der Waals surface area contributed by atoms with Crippen LogP contribution in [0.5, 0.6) is 11.5 Å². The smallest absolute Gasteiger partial charge is 0.262 e. The molecule has 5 rings (SSSR count). The number of aromatic nitrogens is 4. The molecular formula is C24H18N4O4. The van der Waals surface area contributed by atoms with Gasteiger partial charge in [0.05, 0.1) is 25.5 Å². The standard InChI is InChI=1S/C24H18N4O4/c1-30-20-8-7-16(13-21(20)31-2)28-14-19(17-5-3-4-6-18(17)24(28)29)23-26-22(27-32-23)15-9-11-25-12-10-15/h3-14H,1-2H3. The lowest BCUT2D eigenvalue weighted by Crippen LogP contribution is -2.18. The Balaban J connectivity index is 1.72. The van der Waals surface area contributed by atoms with Gasteiger partial charge < -0.3 is 14.0 Å². The Morgan fingerprint density at radius 2 is 1.66 bits per heavy atom. The zero-order valence-electron chi connectivity index (χ0n) is 17.4. The molecule has 0 fully saturated rings. The predicted molar refractivity (Wildman–Crippen MR) is 119 cm³/mol. The Kier molecular flexibility index (Phi) is 4.87. The molecule has 0 radical (unpaired) electrons. The molecular weight excluding hydrogens is 408 g/mol. The fourth-order valence-corrected chi connectivity index (χ4v) is 3.58. The third-order valence-corrected chi connectivity index (χ3v) is 5.16. The molecule has 0 unspecified atom stereocenters. The number of fused-ring (bicyclic) bond motifs is 1. The molecule has 3 heterocycles. The maximum atomic E-state index is 13.3. The Morgan fingerprint density at radius 3 is 2.41 bits per heavy atom. The Labute approximate surface area is 182 Å². The fraction of sp³-hybridized carbons (Fsp3) is 0.0833. The Hall–Kier alpha value is -4.46. The van der Waals surface area contributed by atoms with Gasteiger partial charge in [-0.15, -0.1) is 0 Å². The SMILES string of the molecule is COc1ccc(-n2cc(-c3nc(-c4ccncc4)no3)c3ccccc3c2=O)cc1OC. The molecule has 158 valence electrons. The van der Waals surface area contributed by atoms with Crippen molar-refractivity contribution < 1.29 is 14.0 Å². The van der Waals surface area contributed by atoms with E-state index in [2.05, 4.69) is 15.1 Å². The number of rotatable bonds is 5. The molecule has 32 heavy (non-hydrogen) atoms. The van der Waals surface area contributed by atoms with Crippen molar-refractivity contribution in [2.24, 2.45) is 0 Å². The first-order valence-corrected chi connectivity index (χ1v) is 9.81. The minimum Gasteiger partial charge on any atom is -0.493 e. The Morgan fingerprint density at radius 1 is 0.906 bits per heavy atom. The summed E-state index contributed by atoms with van der Waals surface area (Å²) in [7, 11) is 3.11.